The molecule has 4 heteroatoms. The minimum atomic E-state index is -0.445. The number of nitrogens with zero attached hydrogens (tertiary/aromatic N) is 1. The smallest absolute Gasteiger partial charge is 0.268 e. The third-order valence-electron chi connectivity index (χ3n) is 3.74. The van der Waals surface area contributed by atoms with Gasteiger partial charge in [0.2, 0.25) is 0 Å². The van der Waals surface area contributed by atoms with Gasteiger partial charge in [-0.1, -0.05) is 52.0 Å². The number of ketones is 1. The molecule has 122 valence electrons. The highest BCUT2D eigenvalue weighted by Gasteiger charge is 2.19. The summed E-state index contributed by atoms with van der Waals surface area (Å²) in [5, 5.41) is 0. The number of aryl methyl sites for hydroxylation is 1. The van der Waals surface area contributed by atoms with Crippen LogP contribution >= 0.6 is 11.3 Å². The molecule has 0 bridgehead atoms. The van der Waals surface area contributed by atoms with E-state index in [-0.39, 0.29) is 11.3 Å². The summed E-state index contributed by atoms with van der Waals surface area (Å²) in [5.41, 5.74) is 1.75. The van der Waals surface area contributed by atoms with Gasteiger partial charge < -0.3 is 4.57 Å². The van der Waals surface area contributed by atoms with Crippen molar-refractivity contribution in [1.82, 2.24) is 4.57 Å². The minimum Gasteiger partial charge on any atom is -0.302 e. The number of thiazole rings is 1. The van der Waals surface area contributed by atoms with Crippen LogP contribution < -0.4 is 14.8 Å². The lowest BCUT2D eigenvalue weighted by Gasteiger charge is -2.12. The summed E-state index contributed by atoms with van der Waals surface area (Å²) in [6.07, 6.45) is 4.45. The summed E-state index contributed by atoms with van der Waals surface area (Å²) in [4.78, 5) is 24.5. The molecule has 0 radical (unpaired) electrons. The first-order chi connectivity index (χ1) is 10.7. The van der Waals surface area contributed by atoms with Crippen molar-refractivity contribution in [2.24, 2.45) is 12.5 Å². The molecule has 23 heavy (non-hydrogen) atoms. The molecule has 2 aromatic rings. The first-order valence-corrected chi connectivity index (χ1v) is 8.56. The van der Waals surface area contributed by atoms with Crippen LogP contribution in [0.4, 0.5) is 0 Å². The average molecular weight is 329 g/mol. The number of aromatic nitrogens is 1. The fourth-order valence-corrected chi connectivity index (χ4v) is 3.07. The molecule has 0 aliphatic carbocycles. The van der Waals surface area contributed by atoms with Gasteiger partial charge in [-0.2, -0.15) is 0 Å². The summed E-state index contributed by atoms with van der Waals surface area (Å²) < 4.78 is 2.87. The fourth-order valence-electron chi connectivity index (χ4n) is 2.04. The van der Waals surface area contributed by atoms with E-state index < -0.39 is 5.41 Å². The third-order valence-corrected chi connectivity index (χ3v) is 4.85. The van der Waals surface area contributed by atoms with Gasteiger partial charge in [-0.25, -0.2) is 0 Å². The van der Waals surface area contributed by atoms with Crippen molar-refractivity contribution in [2.45, 2.75) is 34.1 Å². The summed E-state index contributed by atoms with van der Waals surface area (Å²) in [7, 11) is 1.71. The van der Waals surface area contributed by atoms with Crippen molar-refractivity contribution in [2.75, 3.05) is 0 Å². The molecule has 0 saturated carbocycles. The molecule has 0 unspecified atom stereocenters. The van der Waals surface area contributed by atoms with Gasteiger partial charge in [0.05, 0.1) is 4.53 Å². The second-order valence-electron chi connectivity index (χ2n) is 6.67. The molecule has 0 aliphatic heterocycles. The summed E-state index contributed by atoms with van der Waals surface area (Å²) in [6.45, 7) is 7.74. The van der Waals surface area contributed by atoms with E-state index in [1.165, 1.54) is 16.9 Å². The van der Waals surface area contributed by atoms with E-state index in [1.807, 2.05) is 39.0 Å². The molecule has 0 saturated heterocycles. The van der Waals surface area contributed by atoms with E-state index in [2.05, 4.69) is 19.1 Å². The molecule has 0 fully saturated rings. The van der Waals surface area contributed by atoms with Crippen LogP contribution in [0.3, 0.4) is 0 Å². The van der Waals surface area contributed by atoms with Crippen LogP contribution in [0.15, 0.2) is 29.1 Å². The van der Waals surface area contributed by atoms with Gasteiger partial charge in [-0.05, 0) is 23.6 Å². The quantitative estimate of drug-likeness (QED) is 0.866. The lowest BCUT2D eigenvalue weighted by atomic mass is 9.91. The van der Waals surface area contributed by atoms with E-state index >= 15 is 0 Å². The number of benzene rings is 1. The molecule has 1 aromatic carbocycles. The van der Waals surface area contributed by atoms with Crippen molar-refractivity contribution in [3.8, 4) is 0 Å². The van der Waals surface area contributed by atoms with Gasteiger partial charge >= 0.3 is 0 Å². The van der Waals surface area contributed by atoms with E-state index in [0.29, 0.717) is 9.20 Å². The molecular weight excluding hydrogens is 306 g/mol. The minimum absolute atomic E-state index is 0.0215. The predicted molar refractivity (Wildman–Crippen MR) is 97.1 cm³/mol. The van der Waals surface area contributed by atoms with Gasteiger partial charge in [0.1, 0.15) is 4.66 Å². The lowest BCUT2D eigenvalue weighted by molar-refractivity contribution is -0.120. The SMILES string of the molecule is CCc1ccc(/C=c2\s/c(=C\C(=O)C(C)(C)C)n(C)c2=O)cc1. The molecule has 3 nitrogen and oxygen atoms in total. The maximum Gasteiger partial charge on any atom is 0.268 e. The Kier molecular flexibility index (Phi) is 5.05. The zero-order valence-corrected chi connectivity index (χ0v) is 15.2. The van der Waals surface area contributed by atoms with E-state index in [0.717, 1.165) is 12.0 Å². The number of Topliss-reactive ketones (excluding diaryl/α,β-unsaturated/α-hetero) is 1. The highest BCUT2D eigenvalue weighted by molar-refractivity contribution is 7.07. The Hall–Kier alpha value is -1.94. The Morgan fingerprint density at radius 2 is 1.83 bits per heavy atom. The summed E-state index contributed by atoms with van der Waals surface area (Å²) in [6, 6.07) is 8.17. The molecule has 0 spiro atoms. The van der Waals surface area contributed by atoms with Crippen molar-refractivity contribution < 1.29 is 4.79 Å². The summed E-state index contributed by atoms with van der Waals surface area (Å²) in [5.74, 6) is 0.0215. The Bertz CT molecular complexity index is 877. The predicted octanol–water partition coefficient (Wildman–Crippen LogP) is 2.23. The van der Waals surface area contributed by atoms with Crippen LogP contribution in [-0.2, 0) is 18.3 Å². The monoisotopic (exact) mass is 329 g/mol. The van der Waals surface area contributed by atoms with Gasteiger partial charge in [0.25, 0.3) is 5.56 Å². The number of rotatable bonds is 3. The fraction of sp³-hybridized carbons (Fsp3) is 0.368. The normalized spacial score (nSPS) is 13.6. The molecule has 1 heterocycles. The van der Waals surface area contributed by atoms with Crippen LogP contribution in [-0.4, -0.2) is 10.4 Å². The van der Waals surface area contributed by atoms with Crippen LogP contribution in [0.1, 0.15) is 38.8 Å². The second-order valence-corrected chi connectivity index (χ2v) is 7.73. The summed E-state index contributed by atoms with van der Waals surface area (Å²) >= 11 is 1.35. The Balaban J connectivity index is 2.51. The van der Waals surface area contributed by atoms with Crippen LogP contribution in [0.5, 0.6) is 0 Å². The molecular formula is C19H23NO2S. The Morgan fingerprint density at radius 1 is 1.22 bits per heavy atom. The molecule has 2 rings (SSSR count). The first kappa shape index (κ1) is 17.4. The molecule has 0 amide bonds. The molecule has 0 aliphatic rings. The number of hydrogen-bond acceptors (Lipinski definition) is 3. The average Bonchev–Trinajstić information content (AvgIpc) is 2.75. The van der Waals surface area contributed by atoms with E-state index in [1.54, 1.807) is 17.7 Å². The van der Waals surface area contributed by atoms with Crippen molar-refractivity contribution >= 4 is 29.3 Å². The van der Waals surface area contributed by atoms with Gasteiger partial charge in [-0.15, -0.1) is 11.3 Å². The Labute approximate surface area is 140 Å². The maximum absolute atomic E-state index is 12.4. The standard InChI is InChI=1S/C19H23NO2S/c1-6-13-7-9-14(10-8-13)11-15-18(22)20(5)17(23-15)12-16(21)19(2,3)4/h7-12H,6H2,1-5H3/b15-11-,17-12-. The van der Waals surface area contributed by atoms with Crippen molar-refractivity contribution in [1.29, 1.82) is 0 Å². The van der Waals surface area contributed by atoms with Crippen LogP contribution in [0, 0.1) is 5.41 Å². The zero-order chi connectivity index (χ0) is 17.2. The zero-order valence-electron chi connectivity index (χ0n) is 14.3. The van der Waals surface area contributed by atoms with Crippen molar-refractivity contribution in [3.05, 3.63) is 54.9 Å². The maximum atomic E-state index is 12.4. The molecule has 0 atom stereocenters. The van der Waals surface area contributed by atoms with Crippen LogP contribution in [0.2, 0.25) is 0 Å². The lowest BCUT2D eigenvalue weighted by Crippen LogP contribution is -2.30. The highest BCUT2D eigenvalue weighted by Crippen LogP contribution is 2.14. The first-order valence-electron chi connectivity index (χ1n) is 7.75. The number of hydrogen-bond donors (Lipinski definition) is 0. The number of carbonyl (C=O) groups is 1. The van der Waals surface area contributed by atoms with Gasteiger partial charge in [0, 0.05) is 18.5 Å². The molecule has 0 N–H and O–H groups in total. The topological polar surface area (TPSA) is 39.1 Å². The van der Waals surface area contributed by atoms with Crippen LogP contribution in [0.25, 0.3) is 12.2 Å². The van der Waals surface area contributed by atoms with Gasteiger partial charge in [0.15, 0.2) is 5.78 Å². The molecule has 1 aromatic heterocycles. The van der Waals surface area contributed by atoms with Crippen molar-refractivity contribution in [3.63, 3.8) is 0 Å². The highest BCUT2D eigenvalue weighted by atomic mass is 32.1. The van der Waals surface area contributed by atoms with E-state index in [9.17, 15) is 9.59 Å². The van der Waals surface area contributed by atoms with Gasteiger partial charge in [-0.3, -0.25) is 9.59 Å². The second kappa shape index (κ2) is 6.67. The van der Waals surface area contributed by atoms with E-state index in [4.69, 9.17) is 0 Å². The largest absolute Gasteiger partial charge is 0.302 e. The third kappa shape index (κ3) is 4.08. The number of carbonyl (C=O) groups excluding carboxylic acids is 1. The Morgan fingerprint density at radius 3 is 2.35 bits per heavy atom.